The van der Waals surface area contributed by atoms with Gasteiger partial charge >= 0.3 is 0 Å². The van der Waals surface area contributed by atoms with E-state index in [1.807, 2.05) is 6.92 Å². The number of rotatable bonds is 8. The number of hydrogen-bond acceptors (Lipinski definition) is 4. The predicted octanol–water partition coefficient (Wildman–Crippen LogP) is 5.26. The monoisotopic (exact) mass is 472 g/mol. The Kier molecular flexibility index (Phi) is 7.98. The Morgan fingerprint density at radius 1 is 0.812 bits per heavy atom. The molecule has 0 saturated carbocycles. The number of amides is 2. The van der Waals surface area contributed by atoms with Crippen LogP contribution in [-0.2, 0) is 0 Å². The Hall–Kier alpha value is -3.22. The zero-order valence-electron chi connectivity index (χ0n) is 17.5. The van der Waals surface area contributed by atoms with E-state index in [0.29, 0.717) is 44.8 Å². The average molecular weight is 473 g/mol. The second kappa shape index (κ2) is 10.9. The van der Waals surface area contributed by atoms with Gasteiger partial charge < -0.3 is 20.1 Å². The van der Waals surface area contributed by atoms with Gasteiger partial charge in [-0.1, -0.05) is 29.3 Å². The fourth-order valence-electron chi connectivity index (χ4n) is 2.98. The SMILES string of the molecule is CCOc1cc(C(NC(=O)c2ccc(Cl)cc2)NC(=O)c2ccc(Cl)cc2)ccc1OC. The van der Waals surface area contributed by atoms with Gasteiger partial charge in [0.2, 0.25) is 0 Å². The first-order chi connectivity index (χ1) is 15.4. The van der Waals surface area contributed by atoms with Crippen molar-refractivity contribution < 1.29 is 19.1 Å². The summed E-state index contributed by atoms with van der Waals surface area (Å²) in [6.45, 7) is 2.28. The summed E-state index contributed by atoms with van der Waals surface area (Å²) in [5.74, 6) is 0.287. The van der Waals surface area contributed by atoms with Gasteiger partial charge in [-0.15, -0.1) is 0 Å². The lowest BCUT2D eigenvalue weighted by Gasteiger charge is -2.22. The van der Waals surface area contributed by atoms with E-state index in [1.165, 1.54) is 0 Å². The lowest BCUT2D eigenvalue weighted by atomic mass is 10.1. The van der Waals surface area contributed by atoms with E-state index in [4.69, 9.17) is 32.7 Å². The summed E-state index contributed by atoms with van der Waals surface area (Å²) < 4.78 is 11.0. The Morgan fingerprint density at radius 2 is 1.31 bits per heavy atom. The van der Waals surface area contributed by atoms with Crippen molar-refractivity contribution in [1.82, 2.24) is 10.6 Å². The lowest BCUT2D eigenvalue weighted by molar-refractivity contribution is 0.0883. The maximum atomic E-state index is 12.9. The first-order valence-corrected chi connectivity index (χ1v) is 10.6. The van der Waals surface area contributed by atoms with Crippen molar-refractivity contribution in [3.63, 3.8) is 0 Å². The number of methoxy groups -OCH3 is 1. The van der Waals surface area contributed by atoms with Crippen molar-refractivity contribution in [2.24, 2.45) is 0 Å². The molecule has 0 aliphatic carbocycles. The standard InChI is InChI=1S/C24H22Cl2N2O4/c1-3-32-21-14-17(8-13-20(21)31-2)22(27-23(29)15-4-9-18(25)10-5-15)28-24(30)16-6-11-19(26)12-7-16/h4-14,22H,3H2,1-2H3,(H,27,29)(H,28,30). The minimum atomic E-state index is -0.841. The van der Waals surface area contributed by atoms with Crippen LogP contribution in [0.5, 0.6) is 11.5 Å². The predicted molar refractivity (Wildman–Crippen MR) is 125 cm³/mol. The van der Waals surface area contributed by atoms with Crippen molar-refractivity contribution >= 4 is 35.0 Å². The van der Waals surface area contributed by atoms with Crippen LogP contribution in [0.2, 0.25) is 10.0 Å². The second-order valence-electron chi connectivity index (χ2n) is 6.74. The zero-order chi connectivity index (χ0) is 23.1. The van der Waals surface area contributed by atoms with Gasteiger partial charge in [-0.05, 0) is 73.2 Å². The highest BCUT2D eigenvalue weighted by Crippen LogP contribution is 2.30. The quantitative estimate of drug-likeness (QED) is 0.438. The van der Waals surface area contributed by atoms with Gasteiger partial charge in [-0.25, -0.2) is 0 Å². The third kappa shape index (κ3) is 5.93. The Labute approximate surface area is 196 Å². The summed E-state index contributed by atoms with van der Waals surface area (Å²) >= 11 is 11.8. The molecule has 0 saturated heterocycles. The molecular weight excluding hydrogens is 451 g/mol. The van der Waals surface area contributed by atoms with E-state index < -0.39 is 6.17 Å². The first kappa shape index (κ1) is 23.4. The number of benzene rings is 3. The molecule has 166 valence electrons. The average Bonchev–Trinajstić information content (AvgIpc) is 2.79. The van der Waals surface area contributed by atoms with Gasteiger partial charge in [0.25, 0.3) is 11.8 Å². The zero-order valence-corrected chi connectivity index (χ0v) is 19.0. The maximum absolute atomic E-state index is 12.9. The molecule has 0 heterocycles. The molecule has 0 aromatic heterocycles. The Bertz CT molecular complexity index is 1030. The third-order valence-corrected chi connectivity index (χ3v) is 5.09. The van der Waals surface area contributed by atoms with Gasteiger partial charge in [0.05, 0.1) is 13.7 Å². The van der Waals surface area contributed by atoms with Gasteiger partial charge in [-0.2, -0.15) is 0 Å². The first-order valence-electron chi connectivity index (χ1n) is 9.85. The minimum Gasteiger partial charge on any atom is -0.493 e. The molecule has 3 aromatic carbocycles. The fourth-order valence-corrected chi connectivity index (χ4v) is 3.23. The van der Waals surface area contributed by atoms with Crippen LogP contribution >= 0.6 is 23.2 Å². The molecule has 2 N–H and O–H groups in total. The fraction of sp³-hybridized carbons (Fsp3) is 0.167. The highest BCUT2D eigenvalue weighted by molar-refractivity contribution is 6.31. The molecule has 6 nitrogen and oxygen atoms in total. The van der Waals surface area contributed by atoms with Crippen LogP contribution in [0.4, 0.5) is 0 Å². The second-order valence-corrected chi connectivity index (χ2v) is 7.61. The highest BCUT2D eigenvalue weighted by atomic mass is 35.5. The molecule has 8 heteroatoms. The maximum Gasteiger partial charge on any atom is 0.253 e. The van der Waals surface area contributed by atoms with Crippen LogP contribution in [0.25, 0.3) is 0 Å². The van der Waals surface area contributed by atoms with Gasteiger partial charge in [0.15, 0.2) is 11.5 Å². The van der Waals surface area contributed by atoms with Crippen LogP contribution in [0.3, 0.4) is 0 Å². The molecule has 3 aromatic rings. The van der Waals surface area contributed by atoms with Crippen LogP contribution in [0.15, 0.2) is 66.7 Å². The van der Waals surface area contributed by atoms with Crippen LogP contribution in [-0.4, -0.2) is 25.5 Å². The van der Waals surface area contributed by atoms with Crippen molar-refractivity contribution in [1.29, 1.82) is 0 Å². The van der Waals surface area contributed by atoms with Crippen molar-refractivity contribution in [2.75, 3.05) is 13.7 Å². The molecular formula is C24H22Cl2N2O4. The normalized spacial score (nSPS) is 10.5. The molecule has 0 aliphatic heterocycles. The number of carbonyl (C=O) groups excluding carboxylic acids is 2. The molecule has 0 spiro atoms. The van der Waals surface area contributed by atoms with E-state index in [9.17, 15) is 9.59 Å². The van der Waals surface area contributed by atoms with Crippen LogP contribution in [0, 0.1) is 0 Å². The summed E-state index contributed by atoms with van der Waals surface area (Å²) in [4.78, 5) is 25.7. The minimum absolute atomic E-state index is 0.378. The molecule has 0 radical (unpaired) electrons. The molecule has 2 amide bonds. The van der Waals surface area contributed by atoms with Crippen molar-refractivity contribution in [2.45, 2.75) is 13.1 Å². The van der Waals surface area contributed by atoms with Gasteiger partial charge in [-0.3, -0.25) is 9.59 Å². The molecule has 0 bridgehead atoms. The largest absolute Gasteiger partial charge is 0.493 e. The summed E-state index contributed by atoms with van der Waals surface area (Å²) in [6.07, 6.45) is -0.841. The molecule has 0 aliphatic rings. The van der Waals surface area contributed by atoms with Crippen LogP contribution < -0.4 is 20.1 Å². The summed E-state index contributed by atoms with van der Waals surface area (Å²) in [6, 6.07) is 18.1. The molecule has 0 unspecified atom stereocenters. The number of hydrogen-bond donors (Lipinski definition) is 2. The lowest BCUT2D eigenvalue weighted by Crippen LogP contribution is -2.41. The van der Waals surface area contributed by atoms with E-state index in [0.717, 1.165) is 0 Å². The van der Waals surface area contributed by atoms with E-state index >= 15 is 0 Å². The smallest absolute Gasteiger partial charge is 0.253 e. The molecule has 0 fully saturated rings. The summed E-state index contributed by atoms with van der Waals surface area (Å²) in [7, 11) is 1.54. The number of carbonyl (C=O) groups is 2. The number of nitrogens with one attached hydrogen (secondary N) is 2. The van der Waals surface area contributed by atoms with Gasteiger partial charge in [0, 0.05) is 21.2 Å². The Morgan fingerprint density at radius 3 is 1.75 bits per heavy atom. The Balaban J connectivity index is 1.92. The summed E-state index contributed by atoms with van der Waals surface area (Å²) in [5, 5.41) is 6.74. The topological polar surface area (TPSA) is 76.7 Å². The van der Waals surface area contributed by atoms with E-state index in [2.05, 4.69) is 10.6 Å². The number of halogens is 2. The van der Waals surface area contributed by atoms with Crippen molar-refractivity contribution in [3.8, 4) is 11.5 Å². The summed E-state index contributed by atoms with van der Waals surface area (Å²) in [5.41, 5.74) is 1.41. The third-order valence-electron chi connectivity index (χ3n) is 4.58. The van der Waals surface area contributed by atoms with Gasteiger partial charge in [0.1, 0.15) is 6.17 Å². The van der Waals surface area contributed by atoms with E-state index in [-0.39, 0.29) is 11.8 Å². The molecule has 32 heavy (non-hydrogen) atoms. The molecule has 3 rings (SSSR count). The number of ether oxygens (including phenoxy) is 2. The van der Waals surface area contributed by atoms with E-state index in [1.54, 1.807) is 73.8 Å². The molecule has 0 atom stereocenters. The van der Waals surface area contributed by atoms with Crippen LogP contribution in [0.1, 0.15) is 39.4 Å². The highest BCUT2D eigenvalue weighted by Gasteiger charge is 2.21. The van der Waals surface area contributed by atoms with Crippen molar-refractivity contribution in [3.05, 3.63) is 93.5 Å².